The number of nitrogens with zero attached hydrogens (tertiary/aromatic N) is 1. The van der Waals surface area contributed by atoms with Crippen LogP contribution in [0.2, 0.25) is 0 Å². The minimum absolute atomic E-state index is 0.0208. The zero-order valence-corrected chi connectivity index (χ0v) is 14.8. The predicted octanol–water partition coefficient (Wildman–Crippen LogP) is 0.984. The molecule has 1 aliphatic carbocycles. The fourth-order valence-corrected chi connectivity index (χ4v) is 5.51. The third kappa shape index (κ3) is 3.47. The maximum absolute atomic E-state index is 12.6. The van der Waals surface area contributed by atoms with Crippen molar-refractivity contribution in [2.75, 3.05) is 13.1 Å². The lowest BCUT2D eigenvalue weighted by atomic mass is 9.92. The van der Waals surface area contributed by atoms with Crippen LogP contribution in [0.4, 0.5) is 0 Å². The number of carbonyl (C=O) groups excluding carboxylic acids is 1. The van der Waals surface area contributed by atoms with Crippen molar-refractivity contribution in [3.05, 3.63) is 17.5 Å². The molecule has 3 atom stereocenters. The Morgan fingerprint density at radius 1 is 1.38 bits per heavy atom. The molecule has 1 unspecified atom stereocenters. The minimum Gasteiger partial charge on any atom is -0.481 e. The van der Waals surface area contributed by atoms with Crippen molar-refractivity contribution < 1.29 is 23.1 Å². The van der Waals surface area contributed by atoms with E-state index in [4.69, 9.17) is 0 Å². The van der Waals surface area contributed by atoms with E-state index in [2.05, 4.69) is 4.72 Å². The third-order valence-electron chi connectivity index (χ3n) is 4.68. The highest BCUT2D eigenvalue weighted by Crippen LogP contribution is 2.44. The van der Waals surface area contributed by atoms with Crippen LogP contribution in [0.1, 0.15) is 19.8 Å². The molecule has 1 amide bonds. The van der Waals surface area contributed by atoms with Crippen molar-refractivity contribution in [2.45, 2.75) is 30.0 Å². The van der Waals surface area contributed by atoms with Gasteiger partial charge in [-0.2, -0.15) is 4.72 Å². The van der Waals surface area contributed by atoms with Crippen molar-refractivity contribution in [1.82, 2.24) is 9.62 Å². The molecule has 7 nitrogen and oxygen atoms in total. The lowest BCUT2D eigenvalue weighted by Gasteiger charge is -2.21. The number of hydrogen-bond acceptors (Lipinski definition) is 5. The summed E-state index contributed by atoms with van der Waals surface area (Å²) in [6.45, 7) is 2.04. The average Bonchev–Trinajstić information content (AvgIpc) is 3.04. The zero-order chi connectivity index (χ0) is 17.5. The van der Waals surface area contributed by atoms with Crippen molar-refractivity contribution in [3.63, 3.8) is 0 Å². The number of nitrogens with one attached hydrogen (secondary N) is 1. The summed E-state index contributed by atoms with van der Waals surface area (Å²) in [5.74, 6) is -1.45. The first-order chi connectivity index (χ1) is 11.3. The summed E-state index contributed by atoms with van der Waals surface area (Å²) in [6, 6.07) is 2.18. The highest BCUT2D eigenvalue weighted by molar-refractivity contribution is 7.91. The molecular formula is C15H20N2O5S2. The molecule has 1 aliphatic heterocycles. The van der Waals surface area contributed by atoms with Gasteiger partial charge in [-0.3, -0.25) is 9.59 Å². The molecule has 0 aromatic carbocycles. The van der Waals surface area contributed by atoms with E-state index in [0.29, 0.717) is 12.5 Å². The summed E-state index contributed by atoms with van der Waals surface area (Å²) in [7, 11) is -3.73. The first-order valence-corrected chi connectivity index (χ1v) is 10.2. The van der Waals surface area contributed by atoms with Gasteiger partial charge in [0.15, 0.2) is 0 Å². The first-order valence-electron chi connectivity index (χ1n) is 7.87. The topological polar surface area (TPSA) is 104 Å². The summed E-state index contributed by atoms with van der Waals surface area (Å²) >= 11 is 1.08. The second-order valence-electron chi connectivity index (χ2n) is 6.46. The van der Waals surface area contributed by atoms with Crippen LogP contribution in [0.25, 0.3) is 0 Å². The number of hydrogen-bond donors (Lipinski definition) is 2. The summed E-state index contributed by atoms with van der Waals surface area (Å²) in [5.41, 5.74) is 0. The van der Waals surface area contributed by atoms with Gasteiger partial charge in [-0.05, 0) is 43.0 Å². The van der Waals surface area contributed by atoms with Gasteiger partial charge in [0.25, 0.3) is 10.0 Å². The van der Waals surface area contributed by atoms with Crippen LogP contribution in [0.5, 0.6) is 0 Å². The molecule has 1 saturated heterocycles. The number of carboxylic acid groups (broad SMARTS) is 1. The number of sulfonamides is 1. The minimum atomic E-state index is -3.73. The van der Waals surface area contributed by atoms with E-state index >= 15 is 0 Å². The van der Waals surface area contributed by atoms with Crippen molar-refractivity contribution in [1.29, 1.82) is 0 Å². The van der Waals surface area contributed by atoms with Crippen LogP contribution in [0.3, 0.4) is 0 Å². The molecule has 0 bridgehead atoms. The Hall–Kier alpha value is -1.45. The molecule has 0 radical (unpaired) electrons. The molecule has 2 aliphatic rings. The van der Waals surface area contributed by atoms with Crippen LogP contribution in [-0.4, -0.2) is 49.4 Å². The standard InChI is InChI=1S/C15H20N2O5S2/c1-9(16-24(21,22)13-3-2-6-23-13)14(18)17-7-11(10-4-5-10)12(8-17)15(19)20/h2-3,6,9-12,16H,4-5,7-8H2,1H3,(H,19,20)/t9?,11-,12+/m1/s1. The Kier molecular flexibility index (Phi) is 4.67. The molecule has 24 heavy (non-hydrogen) atoms. The number of likely N-dealkylation sites (tertiary alicyclic amines) is 1. The molecule has 1 saturated carbocycles. The number of carbonyl (C=O) groups is 2. The molecule has 1 aromatic rings. The quantitative estimate of drug-likeness (QED) is 0.775. The van der Waals surface area contributed by atoms with Gasteiger partial charge in [0.05, 0.1) is 12.0 Å². The smallest absolute Gasteiger partial charge is 0.308 e. The first kappa shape index (κ1) is 17.4. The summed E-state index contributed by atoms with van der Waals surface area (Å²) in [4.78, 5) is 25.5. The fraction of sp³-hybridized carbons (Fsp3) is 0.600. The lowest BCUT2D eigenvalue weighted by molar-refractivity contribution is -0.142. The number of rotatable bonds is 6. The monoisotopic (exact) mass is 372 g/mol. The van der Waals surface area contributed by atoms with Crippen molar-refractivity contribution >= 4 is 33.2 Å². The Balaban J connectivity index is 1.67. The Bertz CT molecular complexity index is 727. The van der Waals surface area contributed by atoms with Gasteiger partial charge in [0.1, 0.15) is 4.21 Å². The van der Waals surface area contributed by atoms with Crippen LogP contribution in [0.15, 0.2) is 21.7 Å². The van der Waals surface area contributed by atoms with E-state index in [1.165, 1.54) is 17.9 Å². The van der Waals surface area contributed by atoms with Gasteiger partial charge in [0, 0.05) is 13.1 Å². The van der Waals surface area contributed by atoms with Crippen LogP contribution in [-0.2, 0) is 19.6 Å². The Morgan fingerprint density at radius 3 is 2.62 bits per heavy atom. The average molecular weight is 372 g/mol. The van der Waals surface area contributed by atoms with E-state index in [-0.39, 0.29) is 22.6 Å². The van der Waals surface area contributed by atoms with Gasteiger partial charge in [0.2, 0.25) is 5.91 Å². The van der Waals surface area contributed by atoms with Crippen molar-refractivity contribution in [3.8, 4) is 0 Å². The van der Waals surface area contributed by atoms with E-state index in [9.17, 15) is 23.1 Å². The molecule has 9 heteroatoms. The number of thiophene rings is 1. The molecule has 2 heterocycles. The maximum atomic E-state index is 12.6. The van der Waals surface area contributed by atoms with Gasteiger partial charge in [-0.15, -0.1) is 11.3 Å². The Morgan fingerprint density at radius 2 is 2.08 bits per heavy atom. The molecule has 132 valence electrons. The second kappa shape index (κ2) is 6.45. The molecule has 1 aromatic heterocycles. The lowest BCUT2D eigenvalue weighted by Crippen LogP contribution is -2.46. The number of carboxylic acids is 1. The second-order valence-corrected chi connectivity index (χ2v) is 9.35. The summed E-state index contributed by atoms with van der Waals surface area (Å²) in [6.07, 6.45) is 2.02. The molecule has 0 spiro atoms. The van der Waals surface area contributed by atoms with Gasteiger partial charge < -0.3 is 10.0 Å². The summed E-state index contributed by atoms with van der Waals surface area (Å²) < 4.78 is 27.0. The largest absolute Gasteiger partial charge is 0.481 e. The van der Waals surface area contributed by atoms with Crippen LogP contribution < -0.4 is 4.72 Å². The third-order valence-corrected chi connectivity index (χ3v) is 7.62. The number of amides is 1. The van der Waals surface area contributed by atoms with Crippen molar-refractivity contribution in [2.24, 2.45) is 17.8 Å². The predicted molar refractivity (Wildman–Crippen MR) is 88.0 cm³/mol. The van der Waals surface area contributed by atoms with Gasteiger partial charge >= 0.3 is 5.97 Å². The van der Waals surface area contributed by atoms with E-state index in [1.54, 1.807) is 11.4 Å². The van der Waals surface area contributed by atoms with Gasteiger partial charge in [-0.1, -0.05) is 6.07 Å². The zero-order valence-electron chi connectivity index (χ0n) is 13.2. The molecule has 2 fully saturated rings. The van der Waals surface area contributed by atoms with E-state index in [0.717, 1.165) is 24.2 Å². The van der Waals surface area contributed by atoms with Crippen LogP contribution >= 0.6 is 11.3 Å². The molecule has 3 rings (SSSR count). The van der Waals surface area contributed by atoms with Crippen LogP contribution in [0, 0.1) is 17.8 Å². The normalized spacial score (nSPS) is 25.6. The maximum Gasteiger partial charge on any atom is 0.308 e. The van der Waals surface area contributed by atoms with E-state index in [1.807, 2.05) is 0 Å². The van der Waals surface area contributed by atoms with Gasteiger partial charge in [-0.25, -0.2) is 8.42 Å². The SMILES string of the molecule is CC(NS(=O)(=O)c1cccs1)C(=O)N1C[C@H](C(=O)O)[C@@H](C2CC2)C1. The highest BCUT2D eigenvalue weighted by Gasteiger charge is 2.47. The highest BCUT2D eigenvalue weighted by atomic mass is 32.2. The van der Waals surface area contributed by atoms with E-state index < -0.39 is 28.0 Å². The summed E-state index contributed by atoms with van der Waals surface area (Å²) in [5, 5.41) is 11.0. The fourth-order valence-electron chi connectivity index (χ4n) is 3.30. The molecule has 2 N–H and O–H groups in total. The Labute approximate surface area is 144 Å². The number of aliphatic carboxylic acids is 1. The molecular weight excluding hydrogens is 352 g/mol.